The molecule has 0 aliphatic rings. The van der Waals surface area contributed by atoms with E-state index in [4.69, 9.17) is 0 Å². The average molecular weight is 694 g/mol. The first-order valence-corrected chi connectivity index (χ1v) is 22.0. The molecule has 0 fully saturated rings. The van der Waals surface area contributed by atoms with Crippen molar-refractivity contribution in [2.24, 2.45) is 0 Å². The zero-order chi connectivity index (χ0) is 35.9. The van der Waals surface area contributed by atoms with Crippen LogP contribution >= 0.6 is 0 Å². The maximum absolute atomic E-state index is 12.4. The minimum Gasteiger partial charge on any atom is -0.394 e. The fourth-order valence-electron chi connectivity index (χ4n) is 6.93. The molecule has 0 aromatic heterocycles. The lowest BCUT2D eigenvalue weighted by Gasteiger charge is -2.23. The van der Waals surface area contributed by atoms with E-state index in [-0.39, 0.29) is 18.9 Å². The third-order valence-corrected chi connectivity index (χ3v) is 10.3. The lowest BCUT2D eigenvalue weighted by atomic mass is 10.0. The summed E-state index contributed by atoms with van der Waals surface area (Å²) < 4.78 is 0. The lowest BCUT2D eigenvalue weighted by molar-refractivity contribution is -0.125. The van der Waals surface area contributed by atoms with Crippen molar-refractivity contribution in [3.05, 3.63) is 12.2 Å². The van der Waals surface area contributed by atoms with Gasteiger partial charge in [0.2, 0.25) is 5.91 Å². The number of aliphatic hydroxyl groups is 3. The maximum Gasteiger partial charge on any atom is 0.222 e. The SMILES string of the molecule is CCCCCCCCCCCC/C=C\CCCCCCCC(O)CC(=O)NC(CO)C(O)CCCCCCCCCCCCCCCCC. The molecule has 4 N–H and O–H groups in total. The topological polar surface area (TPSA) is 89.8 Å². The third-order valence-electron chi connectivity index (χ3n) is 10.3. The zero-order valence-electron chi connectivity index (χ0n) is 33.1. The van der Waals surface area contributed by atoms with Crippen LogP contribution in [-0.4, -0.2) is 46.1 Å². The van der Waals surface area contributed by atoms with Crippen molar-refractivity contribution in [3.63, 3.8) is 0 Å². The quantitative estimate of drug-likeness (QED) is 0.0380. The van der Waals surface area contributed by atoms with Gasteiger partial charge in [-0.2, -0.15) is 0 Å². The highest BCUT2D eigenvalue weighted by molar-refractivity contribution is 5.76. The Morgan fingerprint density at radius 3 is 1.18 bits per heavy atom. The molecule has 0 saturated heterocycles. The van der Waals surface area contributed by atoms with Crippen LogP contribution in [0.4, 0.5) is 0 Å². The molecule has 0 aliphatic heterocycles. The van der Waals surface area contributed by atoms with E-state index in [1.165, 1.54) is 173 Å². The van der Waals surface area contributed by atoms with Crippen LogP contribution in [0.2, 0.25) is 0 Å². The summed E-state index contributed by atoms with van der Waals surface area (Å²) in [7, 11) is 0. The number of hydrogen-bond acceptors (Lipinski definition) is 4. The molecule has 3 unspecified atom stereocenters. The van der Waals surface area contributed by atoms with Crippen LogP contribution in [0.5, 0.6) is 0 Å². The predicted octanol–water partition coefficient (Wildman–Crippen LogP) is 12.4. The molecule has 3 atom stereocenters. The molecule has 49 heavy (non-hydrogen) atoms. The maximum atomic E-state index is 12.4. The van der Waals surface area contributed by atoms with Crippen LogP contribution in [0.15, 0.2) is 12.2 Å². The molecule has 0 aromatic rings. The summed E-state index contributed by atoms with van der Waals surface area (Å²) in [6.07, 6.45) is 46.0. The van der Waals surface area contributed by atoms with Crippen molar-refractivity contribution in [3.8, 4) is 0 Å². The van der Waals surface area contributed by atoms with Crippen molar-refractivity contribution in [2.45, 2.75) is 257 Å². The molecule has 5 heteroatoms. The number of hydrogen-bond donors (Lipinski definition) is 4. The summed E-state index contributed by atoms with van der Waals surface area (Å²) in [5, 5.41) is 33.4. The lowest BCUT2D eigenvalue weighted by Crippen LogP contribution is -2.46. The van der Waals surface area contributed by atoms with Crippen LogP contribution in [0.3, 0.4) is 0 Å². The number of carbonyl (C=O) groups is 1. The summed E-state index contributed by atoms with van der Waals surface area (Å²) in [5.41, 5.74) is 0. The van der Waals surface area contributed by atoms with Gasteiger partial charge in [-0.3, -0.25) is 4.79 Å². The average Bonchev–Trinajstić information content (AvgIpc) is 3.09. The Morgan fingerprint density at radius 1 is 0.490 bits per heavy atom. The molecule has 0 heterocycles. The van der Waals surface area contributed by atoms with Gasteiger partial charge in [0.25, 0.3) is 0 Å². The van der Waals surface area contributed by atoms with Gasteiger partial charge in [-0.25, -0.2) is 0 Å². The Hall–Kier alpha value is -0.910. The van der Waals surface area contributed by atoms with Gasteiger partial charge < -0.3 is 20.6 Å². The molecule has 1 amide bonds. The van der Waals surface area contributed by atoms with Gasteiger partial charge in [-0.1, -0.05) is 206 Å². The molecule has 0 spiro atoms. The van der Waals surface area contributed by atoms with Crippen molar-refractivity contribution >= 4 is 5.91 Å². The van der Waals surface area contributed by atoms with Crippen molar-refractivity contribution in [1.82, 2.24) is 5.32 Å². The molecule has 0 aromatic carbocycles. The van der Waals surface area contributed by atoms with Crippen LogP contribution < -0.4 is 5.32 Å². The van der Waals surface area contributed by atoms with Crippen LogP contribution in [0, 0.1) is 0 Å². The molecule has 0 bridgehead atoms. The molecule has 5 nitrogen and oxygen atoms in total. The molecular weight excluding hydrogens is 606 g/mol. The van der Waals surface area contributed by atoms with Crippen LogP contribution in [0.1, 0.15) is 239 Å². The number of nitrogens with one attached hydrogen (secondary N) is 1. The molecular formula is C44H87NO4. The Kier molecular flexibility index (Phi) is 39.1. The van der Waals surface area contributed by atoms with E-state index < -0.39 is 18.2 Å². The summed E-state index contributed by atoms with van der Waals surface area (Å²) in [5.74, 6) is -0.285. The Labute approximate surface area is 306 Å². The minimum atomic E-state index is -0.748. The smallest absolute Gasteiger partial charge is 0.222 e. The van der Waals surface area contributed by atoms with E-state index in [0.29, 0.717) is 12.8 Å². The summed E-state index contributed by atoms with van der Waals surface area (Å²) in [6, 6.07) is -0.657. The van der Waals surface area contributed by atoms with E-state index in [1.807, 2.05) is 0 Å². The van der Waals surface area contributed by atoms with Gasteiger partial charge >= 0.3 is 0 Å². The second-order valence-corrected chi connectivity index (χ2v) is 15.3. The molecule has 292 valence electrons. The van der Waals surface area contributed by atoms with Gasteiger partial charge in [0.05, 0.1) is 31.3 Å². The largest absolute Gasteiger partial charge is 0.394 e. The van der Waals surface area contributed by atoms with E-state index in [2.05, 4.69) is 31.3 Å². The summed E-state index contributed by atoms with van der Waals surface area (Å²) in [6.45, 7) is 4.27. The monoisotopic (exact) mass is 694 g/mol. The number of rotatable bonds is 40. The van der Waals surface area contributed by atoms with E-state index >= 15 is 0 Å². The minimum absolute atomic E-state index is 0.0338. The van der Waals surface area contributed by atoms with Gasteiger partial charge in [0, 0.05) is 0 Å². The predicted molar refractivity (Wildman–Crippen MR) is 213 cm³/mol. The number of allylic oxidation sites excluding steroid dienone is 2. The third kappa shape index (κ3) is 36.7. The van der Waals surface area contributed by atoms with Crippen molar-refractivity contribution in [1.29, 1.82) is 0 Å². The first kappa shape index (κ1) is 48.1. The first-order chi connectivity index (χ1) is 24.0. The number of aliphatic hydroxyl groups excluding tert-OH is 3. The summed E-state index contributed by atoms with van der Waals surface area (Å²) in [4.78, 5) is 12.4. The van der Waals surface area contributed by atoms with Crippen molar-refractivity contribution < 1.29 is 20.1 Å². The number of carbonyl (C=O) groups excluding carboxylic acids is 1. The standard InChI is InChI=1S/C44H87NO4/c1-3-5-7-9-11-13-15-17-19-20-21-22-24-25-27-29-31-33-35-37-41(47)39-44(49)45-42(40-46)43(48)38-36-34-32-30-28-26-23-18-16-14-12-10-8-6-4-2/h22,24,41-43,46-48H,3-21,23,25-40H2,1-2H3,(H,45,49)/b24-22-. The Bertz CT molecular complexity index is 684. The van der Waals surface area contributed by atoms with E-state index in [9.17, 15) is 20.1 Å². The van der Waals surface area contributed by atoms with Gasteiger partial charge in [-0.05, 0) is 38.5 Å². The van der Waals surface area contributed by atoms with Crippen LogP contribution in [0.25, 0.3) is 0 Å². The van der Waals surface area contributed by atoms with E-state index in [1.54, 1.807) is 0 Å². The highest BCUT2D eigenvalue weighted by Gasteiger charge is 2.21. The molecule has 0 saturated carbocycles. The van der Waals surface area contributed by atoms with Crippen molar-refractivity contribution in [2.75, 3.05) is 6.61 Å². The van der Waals surface area contributed by atoms with Gasteiger partial charge in [0.15, 0.2) is 0 Å². The fraction of sp³-hybridized carbons (Fsp3) is 0.932. The molecule has 0 aliphatic carbocycles. The molecule has 0 rings (SSSR count). The second-order valence-electron chi connectivity index (χ2n) is 15.3. The fourth-order valence-corrected chi connectivity index (χ4v) is 6.93. The first-order valence-electron chi connectivity index (χ1n) is 22.0. The number of amides is 1. The Balaban J connectivity index is 3.62. The van der Waals surface area contributed by atoms with E-state index in [0.717, 1.165) is 32.1 Å². The second kappa shape index (κ2) is 39.9. The highest BCUT2D eigenvalue weighted by atomic mass is 16.3. The van der Waals surface area contributed by atoms with Gasteiger partial charge in [-0.15, -0.1) is 0 Å². The summed E-state index contributed by atoms with van der Waals surface area (Å²) >= 11 is 0. The zero-order valence-corrected chi connectivity index (χ0v) is 33.1. The Morgan fingerprint density at radius 2 is 0.816 bits per heavy atom. The normalized spacial score (nSPS) is 13.7. The number of unbranched alkanes of at least 4 members (excludes halogenated alkanes) is 29. The highest BCUT2D eigenvalue weighted by Crippen LogP contribution is 2.16. The van der Waals surface area contributed by atoms with Gasteiger partial charge in [0.1, 0.15) is 0 Å². The van der Waals surface area contributed by atoms with Crippen LogP contribution in [-0.2, 0) is 4.79 Å². The molecule has 0 radical (unpaired) electrons.